The molecule has 0 aliphatic rings. The largest absolute Gasteiger partial charge is 0.361 e. The molecule has 2 amide bonds. The summed E-state index contributed by atoms with van der Waals surface area (Å²) in [6.07, 6.45) is 3.43. The summed E-state index contributed by atoms with van der Waals surface area (Å²) >= 11 is 0. The maximum Gasteiger partial charge on any atom is 0.315 e. The van der Waals surface area contributed by atoms with Crippen molar-refractivity contribution in [2.24, 2.45) is 0 Å². The smallest absolute Gasteiger partial charge is 0.315 e. The molecule has 0 radical (unpaired) electrons. The Labute approximate surface area is 117 Å². The van der Waals surface area contributed by atoms with Crippen molar-refractivity contribution in [1.29, 1.82) is 0 Å². The molecule has 0 spiro atoms. The molecular formula is C15H20FN3O. The highest BCUT2D eigenvalue weighted by Crippen LogP contribution is 2.20. The van der Waals surface area contributed by atoms with Crippen LogP contribution in [0.3, 0.4) is 0 Å². The predicted octanol–water partition coefficient (Wildman–Crippen LogP) is 2.95. The lowest BCUT2D eigenvalue weighted by atomic mass is 10.1. The first-order chi connectivity index (χ1) is 9.60. The lowest BCUT2D eigenvalue weighted by molar-refractivity contribution is 0.238. The third kappa shape index (κ3) is 3.50. The number of hydrogen-bond donors (Lipinski definition) is 3. The first-order valence-corrected chi connectivity index (χ1v) is 6.90. The van der Waals surface area contributed by atoms with E-state index in [2.05, 4.69) is 15.6 Å². The Kier molecular flexibility index (Phi) is 4.61. The number of carbonyl (C=O) groups excluding carboxylic acids is 1. The van der Waals surface area contributed by atoms with Crippen LogP contribution >= 0.6 is 0 Å². The second-order valence-electron chi connectivity index (χ2n) is 5.01. The van der Waals surface area contributed by atoms with Crippen LogP contribution in [0.15, 0.2) is 24.4 Å². The molecule has 2 aromatic rings. The molecule has 5 heteroatoms. The number of amides is 2. The lowest BCUT2D eigenvalue weighted by Crippen LogP contribution is -2.41. The SMILES string of the molecule is CCCNC(=O)NC(C)Cc1c[nH]c2ccc(F)cc12. The Morgan fingerprint density at radius 2 is 2.25 bits per heavy atom. The summed E-state index contributed by atoms with van der Waals surface area (Å²) in [6, 6.07) is 4.49. The minimum Gasteiger partial charge on any atom is -0.361 e. The molecule has 0 bridgehead atoms. The molecule has 0 aliphatic carbocycles. The maximum atomic E-state index is 13.3. The van der Waals surface area contributed by atoms with E-state index in [1.54, 1.807) is 6.07 Å². The number of hydrogen-bond acceptors (Lipinski definition) is 1. The van der Waals surface area contributed by atoms with Gasteiger partial charge in [0.25, 0.3) is 0 Å². The third-order valence-corrected chi connectivity index (χ3v) is 3.17. The number of carbonyl (C=O) groups is 1. The standard InChI is InChI=1S/C15H20FN3O/c1-3-6-17-15(20)19-10(2)7-11-9-18-14-5-4-12(16)8-13(11)14/h4-5,8-10,18H,3,6-7H2,1-2H3,(H2,17,19,20). The summed E-state index contributed by atoms with van der Waals surface area (Å²) in [4.78, 5) is 14.7. The average Bonchev–Trinajstić information content (AvgIpc) is 2.79. The van der Waals surface area contributed by atoms with Gasteiger partial charge >= 0.3 is 6.03 Å². The topological polar surface area (TPSA) is 56.9 Å². The molecule has 2 rings (SSSR count). The van der Waals surface area contributed by atoms with Gasteiger partial charge in [-0.2, -0.15) is 0 Å². The van der Waals surface area contributed by atoms with Crippen LogP contribution in [0, 0.1) is 5.82 Å². The van der Waals surface area contributed by atoms with Gasteiger partial charge in [-0.15, -0.1) is 0 Å². The van der Waals surface area contributed by atoms with Crippen LogP contribution in [0.5, 0.6) is 0 Å². The van der Waals surface area contributed by atoms with Crippen molar-refractivity contribution in [3.63, 3.8) is 0 Å². The van der Waals surface area contributed by atoms with Crippen LogP contribution in [0.2, 0.25) is 0 Å². The van der Waals surface area contributed by atoms with Crippen molar-refractivity contribution in [3.8, 4) is 0 Å². The summed E-state index contributed by atoms with van der Waals surface area (Å²) in [5.74, 6) is -0.250. The van der Waals surface area contributed by atoms with Gasteiger partial charge in [-0.1, -0.05) is 6.92 Å². The lowest BCUT2D eigenvalue weighted by Gasteiger charge is -2.14. The van der Waals surface area contributed by atoms with Gasteiger partial charge in [-0.3, -0.25) is 0 Å². The fourth-order valence-corrected chi connectivity index (χ4v) is 2.21. The first-order valence-electron chi connectivity index (χ1n) is 6.90. The maximum absolute atomic E-state index is 13.3. The molecule has 1 atom stereocenters. The van der Waals surface area contributed by atoms with Crippen LogP contribution < -0.4 is 10.6 Å². The number of fused-ring (bicyclic) bond motifs is 1. The molecule has 1 unspecified atom stereocenters. The van der Waals surface area contributed by atoms with E-state index in [0.29, 0.717) is 13.0 Å². The highest BCUT2D eigenvalue weighted by Gasteiger charge is 2.11. The van der Waals surface area contributed by atoms with Gasteiger partial charge in [0, 0.05) is 29.7 Å². The highest BCUT2D eigenvalue weighted by molar-refractivity contribution is 5.83. The van der Waals surface area contributed by atoms with Crippen molar-refractivity contribution in [1.82, 2.24) is 15.6 Å². The van der Waals surface area contributed by atoms with Crippen LogP contribution in [0.1, 0.15) is 25.8 Å². The minimum atomic E-state index is -0.250. The molecule has 4 nitrogen and oxygen atoms in total. The fourth-order valence-electron chi connectivity index (χ4n) is 2.21. The van der Waals surface area contributed by atoms with E-state index >= 15 is 0 Å². The Hall–Kier alpha value is -2.04. The Bertz CT molecular complexity index is 594. The summed E-state index contributed by atoms with van der Waals surface area (Å²) < 4.78 is 13.3. The molecular weight excluding hydrogens is 257 g/mol. The monoisotopic (exact) mass is 277 g/mol. The number of urea groups is 1. The van der Waals surface area contributed by atoms with Crippen molar-refractivity contribution < 1.29 is 9.18 Å². The summed E-state index contributed by atoms with van der Waals surface area (Å²) in [6.45, 7) is 4.60. The van der Waals surface area contributed by atoms with E-state index in [1.165, 1.54) is 12.1 Å². The van der Waals surface area contributed by atoms with Crippen molar-refractivity contribution in [2.75, 3.05) is 6.54 Å². The van der Waals surface area contributed by atoms with E-state index < -0.39 is 0 Å². The quantitative estimate of drug-likeness (QED) is 0.773. The van der Waals surface area contributed by atoms with Gasteiger partial charge in [-0.05, 0) is 43.5 Å². The first kappa shape index (κ1) is 14.4. The van der Waals surface area contributed by atoms with Crippen LogP contribution in [-0.2, 0) is 6.42 Å². The molecule has 108 valence electrons. The van der Waals surface area contributed by atoms with Crippen LogP contribution in [-0.4, -0.2) is 23.6 Å². The van der Waals surface area contributed by atoms with Crippen molar-refractivity contribution in [3.05, 3.63) is 35.8 Å². The van der Waals surface area contributed by atoms with E-state index in [-0.39, 0.29) is 17.9 Å². The highest BCUT2D eigenvalue weighted by atomic mass is 19.1. The molecule has 0 fully saturated rings. The zero-order valence-corrected chi connectivity index (χ0v) is 11.8. The molecule has 0 saturated carbocycles. The number of halogens is 1. The van der Waals surface area contributed by atoms with Crippen molar-refractivity contribution in [2.45, 2.75) is 32.7 Å². The zero-order chi connectivity index (χ0) is 14.5. The molecule has 3 N–H and O–H groups in total. The summed E-state index contributed by atoms with van der Waals surface area (Å²) in [7, 11) is 0. The van der Waals surface area contributed by atoms with Gasteiger partial charge < -0.3 is 15.6 Å². The Balaban J connectivity index is 2.01. The minimum absolute atomic E-state index is 0.0193. The normalized spacial score (nSPS) is 12.3. The second-order valence-corrected chi connectivity index (χ2v) is 5.01. The van der Waals surface area contributed by atoms with E-state index in [0.717, 1.165) is 22.9 Å². The fraction of sp³-hybridized carbons (Fsp3) is 0.400. The van der Waals surface area contributed by atoms with Gasteiger partial charge in [0.2, 0.25) is 0 Å². The van der Waals surface area contributed by atoms with Crippen molar-refractivity contribution >= 4 is 16.9 Å². The summed E-state index contributed by atoms with van der Waals surface area (Å²) in [5.41, 5.74) is 1.91. The van der Waals surface area contributed by atoms with E-state index in [1.807, 2.05) is 20.0 Å². The van der Waals surface area contributed by atoms with Gasteiger partial charge in [0.15, 0.2) is 0 Å². The number of rotatable bonds is 5. The van der Waals surface area contributed by atoms with Crippen LogP contribution in [0.25, 0.3) is 10.9 Å². The zero-order valence-electron chi connectivity index (χ0n) is 11.8. The number of nitrogens with one attached hydrogen (secondary N) is 3. The van der Waals surface area contributed by atoms with E-state index in [9.17, 15) is 9.18 Å². The molecule has 1 aromatic heterocycles. The van der Waals surface area contributed by atoms with E-state index in [4.69, 9.17) is 0 Å². The van der Waals surface area contributed by atoms with Gasteiger partial charge in [0.05, 0.1) is 0 Å². The number of H-pyrrole nitrogens is 1. The number of benzene rings is 1. The molecule has 1 heterocycles. The molecule has 20 heavy (non-hydrogen) atoms. The Morgan fingerprint density at radius 3 is 3.00 bits per heavy atom. The predicted molar refractivity (Wildman–Crippen MR) is 78.2 cm³/mol. The second kappa shape index (κ2) is 6.41. The third-order valence-electron chi connectivity index (χ3n) is 3.17. The molecule has 1 aromatic carbocycles. The molecule has 0 saturated heterocycles. The van der Waals surface area contributed by atoms with Gasteiger partial charge in [0.1, 0.15) is 5.82 Å². The summed E-state index contributed by atoms with van der Waals surface area (Å²) in [5, 5.41) is 6.51. The Morgan fingerprint density at radius 1 is 1.45 bits per heavy atom. The number of aromatic nitrogens is 1. The average molecular weight is 277 g/mol. The van der Waals surface area contributed by atoms with Gasteiger partial charge in [-0.25, -0.2) is 9.18 Å². The van der Waals surface area contributed by atoms with Crippen LogP contribution in [0.4, 0.5) is 9.18 Å². The molecule has 0 aliphatic heterocycles. The number of aromatic amines is 1.